The largest absolute Gasteiger partial charge is 0.372 e. The fraction of sp³-hybridized carbons (Fsp3) is 0.933. The summed E-state index contributed by atoms with van der Waals surface area (Å²) in [6.07, 6.45) is 6.93. The van der Waals surface area contributed by atoms with Gasteiger partial charge in [0.2, 0.25) is 5.91 Å². The van der Waals surface area contributed by atoms with Crippen LogP contribution in [0, 0.1) is 23.7 Å². The summed E-state index contributed by atoms with van der Waals surface area (Å²) in [6, 6.07) is 0.505. The number of hydrogen-bond acceptors (Lipinski definition) is 2. The second-order valence-electron chi connectivity index (χ2n) is 6.56. The monoisotopic (exact) mass is 251 g/mol. The zero-order valence-electron chi connectivity index (χ0n) is 11.6. The van der Waals surface area contributed by atoms with Crippen molar-refractivity contribution < 1.29 is 9.53 Å². The SMILES string of the molecule is CCOCC(=O)N(C)C1C2CC3CC(C2)CC1C3. The number of rotatable bonds is 4. The van der Waals surface area contributed by atoms with E-state index in [1.165, 1.54) is 32.1 Å². The molecule has 0 radical (unpaired) electrons. The number of hydrogen-bond donors (Lipinski definition) is 0. The van der Waals surface area contributed by atoms with Crippen molar-refractivity contribution in [3.8, 4) is 0 Å². The first-order chi connectivity index (χ1) is 8.69. The summed E-state index contributed by atoms with van der Waals surface area (Å²) in [5, 5.41) is 0. The zero-order valence-corrected chi connectivity index (χ0v) is 11.6. The molecule has 3 heteroatoms. The lowest BCUT2D eigenvalue weighted by Gasteiger charge is -2.56. The Balaban J connectivity index is 1.67. The van der Waals surface area contributed by atoms with E-state index in [9.17, 15) is 4.79 Å². The van der Waals surface area contributed by atoms with Gasteiger partial charge in [-0.25, -0.2) is 0 Å². The van der Waals surface area contributed by atoms with Gasteiger partial charge < -0.3 is 9.64 Å². The van der Waals surface area contributed by atoms with E-state index in [1.807, 2.05) is 18.9 Å². The standard InChI is InChI=1S/C15H25NO2/c1-3-18-9-14(17)16(2)15-12-5-10-4-11(7-12)8-13(15)6-10/h10-13,15H,3-9H2,1-2H3. The van der Waals surface area contributed by atoms with E-state index in [4.69, 9.17) is 4.74 Å². The fourth-order valence-electron chi connectivity index (χ4n) is 4.99. The van der Waals surface area contributed by atoms with Crippen molar-refractivity contribution in [1.82, 2.24) is 4.90 Å². The summed E-state index contributed by atoms with van der Waals surface area (Å²) in [5.41, 5.74) is 0. The molecule has 0 atom stereocenters. The van der Waals surface area contributed by atoms with Crippen LogP contribution in [0.4, 0.5) is 0 Å². The van der Waals surface area contributed by atoms with Crippen LogP contribution in [0.1, 0.15) is 39.0 Å². The molecule has 18 heavy (non-hydrogen) atoms. The molecule has 0 aromatic carbocycles. The molecule has 102 valence electrons. The van der Waals surface area contributed by atoms with Gasteiger partial charge in [-0.3, -0.25) is 4.79 Å². The van der Waals surface area contributed by atoms with Gasteiger partial charge in [0.05, 0.1) is 0 Å². The Labute approximate surface area is 110 Å². The van der Waals surface area contributed by atoms with E-state index in [1.54, 1.807) is 0 Å². The van der Waals surface area contributed by atoms with Crippen molar-refractivity contribution in [1.29, 1.82) is 0 Å². The van der Waals surface area contributed by atoms with Crippen molar-refractivity contribution >= 4 is 5.91 Å². The summed E-state index contributed by atoms with van der Waals surface area (Å²) < 4.78 is 5.27. The Bertz CT molecular complexity index is 300. The summed E-state index contributed by atoms with van der Waals surface area (Å²) in [6.45, 7) is 2.83. The van der Waals surface area contributed by atoms with E-state index in [-0.39, 0.29) is 12.5 Å². The second kappa shape index (κ2) is 4.84. The number of amides is 1. The van der Waals surface area contributed by atoms with Crippen LogP contribution in [0.3, 0.4) is 0 Å². The zero-order chi connectivity index (χ0) is 12.7. The van der Waals surface area contributed by atoms with Gasteiger partial charge in [0.15, 0.2) is 0 Å². The molecule has 0 N–H and O–H groups in total. The first-order valence-corrected chi connectivity index (χ1v) is 7.52. The van der Waals surface area contributed by atoms with Crippen LogP contribution in [-0.2, 0) is 9.53 Å². The van der Waals surface area contributed by atoms with Gasteiger partial charge >= 0.3 is 0 Å². The molecular formula is C15H25NO2. The molecule has 0 heterocycles. The van der Waals surface area contributed by atoms with Gasteiger partial charge in [0, 0.05) is 19.7 Å². The molecule has 4 aliphatic carbocycles. The highest BCUT2D eigenvalue weighted by molar-refractivity contribution is 5.77. The number of carbonyl (C=O) groups excluding carboxylic acids is 1. The minimum absolute atomic E-state index is 0.175. The summed E-state index contributed by atoms with van der Waals surface area (Å²) in [4.78, 5) is 14.1. The normalized spacial score (nSPS) is 41.1. The van der Waals surface area contributed by atoms with Gasteiger partial charge in [0.25, 0.3) is 0 Å². The maximum atomic E-state index is 12.1. The highest BCUT2D eigenvalue weighted by atomic mass is 16.5. The van der Waals surface area contributed by atoms with Gasteiger partial charge in [-0.05, 0) is 62.7 Å². The lowest BCUT2D eigenvalue weighted by molar-refractivity contribution is -0.145. The van der Waals surface area contributed by atoms with E-state index in [2.05, 4.69) is 0 Å². The van der Waals surface area contributed by atoms with Crippen molar-refractivity contribution in [2.75, 3.05) is 20.3 Å². The van der Waals surface area contributed by atoms with Crippen molar-refractivity contribution in [3.63, 3.8) is 0 Å². The van der Waals surface area contributed by atoms with Crippen LogP contribution in [0.15, 0.2) is 0 Å². The molecule has 0 saturated heterocycles. The van der Waals surface area contributed by atoms with Crippen LogP contribution in [-0.4, -0.2) is 37.1 Å². The average Bonchev–Trinajstić information content (AvgIpc) is 2.34. The average molecular weight is 251 g/mol. The Morgan fingerprint density at radius 2 is 1.67 bits per heavy atom. The molecule has 4 fully saturated rings. The van der Waals surface area contributed by atoms with E-state index in [0.29, 0.717) is 12.6 Å². The molecule has 3 nitrogen and oxygen atoms in total. The third-order valence-corrected chi connectivity index (χ3v) is 5.45. The molecule has 4 rings (SSSR count). The number of ether oxygens (including phenoxy) is 1. The minimum Gasteiger partial charge on any atom is -0.372 e. The van der Waals surface area contributed by atoms with E-state index >= 15 is 0 Å². The maximum Gasteiger partial charge on any atom is 0.248 e. The molecule has 0 unspecified atom stereocenters. The topological polar surface area (TPSA) is 29.5 Å². The maximum absolute atomic E-state index is 12.1. The summed E-state index contributed by atoms with van der Waals surface area (Å²) >= 11 is 0. The lowest BCUT2D eigenvalue weighted by Crippen LogP contribution is -2.56. The van der Waals surface area contributed by atoms with Crippen molar-refractivity contribution in [3.05, 3.63) is 0 Å². The number of nitrogens with zero attached hydrogens (tertiary/aromatic N) is 1. The minimum atomic E-state index is 0.175. The van der Waals surface area contributed by atoms with E-state index < -0.39 is 0 Å². The molecule has 4 aliphatic rings. The van der Waals surface area contributed by atoms with E-state index in [0.717, 1.165) is 23.7 Å². The quantitative estimate of drug-likeness (QED) is 0.767. The van der Waals surface area contributed by atoms with Gasteiger partial charge in [-0.1, -0.05) is 0 Å². The lowest BCUT2D eigenvalue weighted by atomic mass is 9.54. The van der Waals surface area contributed by atoms with Crippen LogP contribution < -0.4 is 0 Å². The van der Waals surface area contributed by atoms with Crippen LogP contribution in [0.5, 0.6) is 0 Å². The highest BCUT2D eigenvalue weighted by Gasteiger charge is 2.50. The first kappa shape index (κ1) is 12.5. The summed E-state index contributed by atoms with van der Waals surface area (Å²) in [5.74, 6) is 3.67. The smallest absolute Gasteiger partial charge is 0.248 e. The molecule has 0 aromatic heterocycles. The van der Waals surface area contributed by atoms with Crippen LogP contribution in [0.25, 0.3) is 0 Å². The van der Waals surface area contributed by atoms with Crippen molar-refractivity contribution in [2.45, 2.75) is 45.1 Å². The van der Waals surface area contributed by atoms with Gasteiger partial charge in [-0.2, -0.15) is 0 Å². The Kier molecular flexibility index (Phi) is 3.35. The third kappa shape index (κ3) is 2.07. The highest BCUT2D eigenvalue weighted by Crippen LogP contribution is 2.54. The van der Waals surface area contributed by atoms with Gasteiger partial charge in [-0.15, -0.1) is 0 Å². The first-order valence-electron chi connectivity index (χ1n) is 7.52. The number of carbonyl (C=O) groups is 1. The number of likely N-dealkylation sites (N-methyl/N-ethyl adjacent to an activating group) is 1. The molecule has 4 bridgehead atoms. The predicted molar refractivity (Wildman–Crippen MR) is 70.1 cm³/mol. The predicted octanol–water partition coefficient (Wildman–Crippen LogP) is 2.31. The van der Waals surface area contributed by atoms with Crippen LogP contribution >= 0.6 is 0 Å². The van der Waals surface area contributed by atoms with Crippen LogP contribution in [0.2, 0.25) is 0 Å². The Morgan fingerprint density at radius 3 is 2.17 bits per heavy atom. The van der Waals surface area contributed by atoms with Gasteiger partial charge in [0.1, 0.15) is 6.61 Å². The van der Waals surface area contributed by atoms with Crippen molar-refractivity contribution in [2.24, 2.45) is 23.7 Å². The molecule has 0 aromatic rings. The Morgan fingerprint density at radius 1 is 1.11 bits per heavy atom. The Hall–Kier alpha value is -0.570. The molecule has 4 saturated carbocycles. The summed E-state index contributed by atoms with van der Waals surface area (Å²) in [7, 11) is 1.99. The fourth-order valence-corrected chi connectivity index (χ4v) is 4.99. The molecule has 0 aliphatic heterocycles. The molecule has 1 amide bonds. The third-order valence-electron chi connectivity index (χ3n) is 5.45. The second-order valence-corrected chi connectivity index (χ2v) is 6.56. The molecule has 0 spiro atoms. The molecular weight excluding hydrogens is 226 g/mol.